The SMILES string of the molecule is Fc1cc2ccccc2cc1C1(c2ccc(N3CCNCC3)cc2)C=Cc2c(ccc3cc(Br)ccc23)O1. The Labute approximate surface area is 229 Å². The lowest BCUT2D eigenvalue weighted by Crippen LogP contribution is -2.43. The molecular formula is C33H26BrFN2O. The van der Waals surface area contributed by atoms with E-state index < -0.39 is 5.60 Å². The second-order valence-corrected chi connectivity index (χ2v) is 10.9. The number of nitrogens with zero attached hydrogens (tertiary/aromatic N) is 1. The Morgan fingerprint density at radius 2 is 1.58 bits per heavy atom. The van der Waals surface area contributed by atoms with Gasteiger partial charge in [0.1, 0.15) is 11.6 Å². The summed E-state index contributed by atoms with van der Waals surface area (Å²) in [6.07, 6.45) is 4.11. The van der Waals surface area contributed by atoms with Crippen LogP contribution in [0.1, 0.15) is 16.7 Å². The van der Waals surface area contributed by atoms with E-state index in [4.69, 9.17) is 4.74 Å². The minimum Gasteiger partial charge on any atom is -0.473 e. The van der Waals surface area contributed by atoms with Gasteiger partial charge >= 0.3 is 0 Å². The van der Waals surface area contributed by atoms with Gasteiger partial charge in [0.15, 0.2) is 5.60 Å². The predicted octanol–water partition coefficient (Wildman–Crippen LogP) is 7.65. The summed E-state index contributed by atoms with van der Waals surface area (Å²) in [5, 5.41) is 7.48. The Morgan fingerprint density at radius 1 is 0.816 bits per heavy atom. The predicted molar refractivity (Wildman–Crippen MR) is 158 cm³/mol. The first-order valence-corrected chi connectivity index (χ1v) is 13.8. The van der Waals surface area contributed by atoms with Crippen molar-refractivity contribution in [3.05, 3.63) is 124 Å². The molecule has 38 heavy (non-hydrogen) atoms. The van der Waals surface area contributed by atoms with Gasteiger partial charge in [0, 0.05) is 53.0 Å². The highest BCUT2D eigenvalue weighted by molar-refractivity contribution is 9.10. The summed E-state index contributed by atoms with van der Waals surface area (Å²) in [5.41, 5.74) is 2.46. The van der Waals surface area contributed by atoms with Crippen LogP contribution < -0.4 is 15.0 Å². The van der Waals surface area contributed by atoms with Gasteiger partial charge < -0.3 is 15.0 Å². The maximum Gasteiger partial charge on any atom is 0.180 e. The van der Waals surface area contributed by atoms with Crippen molar-refractivity contribution in [3.8, 4) is 5.75 Å². The average Bonchev–Trinajstić information content (AvgIpc) is 2.97. The Bertz CT molecular complexity index is 1710. The topological polar surface area (TPSA) is 24.5 Å². The molecule has 2 aliphatic heterocycles. The largest absolute Gasteiger partial charge is 0.473 e. The van der Waals surface area contributed by atoms with Crippen LogP contribution in [0, 0.1) is 5.82 Å². The first-order valence-electron chi connectivity index (χ1n) is 13.0. The molecule has 1 saturated heterocycles. The second-order valence-electron chi connectivity index (χ2n) is 9.98. The molecule has 3 nitrogen and oxygen atoms in total. The Kier molecular flexibility index (Phi) is 5.71. The van der Waals surface area contributed by atoms with Gasteiger partial charge in [-0.05, 0) is 76.2 Å². The zero-order chi connectivity index (χ0) is 25.7. The van der Waals surface area contributed by atoms with Crippen LogP contribution in [0.25, 0.3) is 27.6 Å². The molecule has 5 aromatic rings. The van der Waals surface area contributed by atoms with Gasteiger partial charge in [-0.3, -0.25) is 0 Å². The van der Waals surface area contributed by atoms with Gasteiger partial charge in [0.05, 0.1) is 0 Å². The Morgan fingerprint density at radius 3 is 2.37 bits per heavy atom. The quantitative estimate of drug-likeness (QED) is 0.243. The molecule has 5 aromatic carbocycles. The van der Waals surface area contributed by atoms with E-state index in [0.29, 0.717) is 5.56 Å². The minimum atomic E-state index is -1.11. The van der Waals surface area contributed by atoms with Crippen molar-refractivity contribution in [2.45, 2.75) is 5.60 Å². The third-order valence-electron chi connectivity index (χ3n) is 7.75. The van der Waals surface area contributed by atoms with Crippen LogP contribution in [-0.4, -0.2) is 26.2 Å². The molecule has 5 heteroatoms. The molecule has 1 atom stereocenters. The summed E-state index contributed by atoms with van der Waals surface area (Å²) < 4.78 is 23.9. The molecule has 188 valence electrons. The number of ether oxygens (including phenoxy) is 1. The van der Waals surface area contributed by atoms with Crippen LogP contribution in [-0.2, 0) is 5.60 Å². The van der Waals surface area contributed by atoms with Crippen LogP contribution in [0.15, 0.2) is 102 Å². The molecule has 1 N–H and O–H groups in total. The lowest BCUT2D eigenvalue weighted by molar-refractivity contribution is 0.156. The molecule has 1 unspecified atom stereocenters. The van der Waals surface area contributed by atoms with Crippen molar-refractivity contribution in [2.75, 3.05) is 31.1 Å². The van der Waals surface area contributed by atoms with E-state index in [1.807, 2.05) is 48.5 Å². The van der Waals surface area contributed by atoms with E-state index in [1.165, 1.54) is 5.69 Å². The highest BCUT2D eigenvalue weighted by atomic mass is 79.9. The molecule has 1 fully saturated rings. The Balaban J connectivity index is 1.40. The van der Waals surface area contributed by atoms with Crippen LogP contribution in [0.2, 0.25) is 0 Å². The Hall–Kier alpha value is -3.67. The van der Waals surface area contributed by atoms with E-state index >= 15 is 4.39 Å². The van der Waals surface area contributed by atoms with Gasteiger partial charge in [0.25, 0.3) is 0 Å². The molecule has 0 spiro atoms. The molecular weight excluding hydrogens is 539 g/mol. The molecule has 2 heterocycles. The molecule has 0 amide bonds. The van der Waals surface area contributed by atoms with Gasteiger partial charge in [-0.2, -0.15) is 0 Å². The minimum absolute atomic E-state index is 0.285. The second kappa shape index (κ2) is 9.26. The highest BCUT2D eigenvalue weighted by Gasteiger charge is 2.40. The van der Waals surface area contributed by atoms with Crippen LogP contribution >= 0.6 is 15.9 Å². The van der Waals surface area contributed by atoms with Crippen LogP contribution in [0.5, 0.6) is 5.75 Å². The lowest BCUT2D eigenvalue weighted by Gasteiger charge is -2.37. The lowest BCUT2D eigenvalue weighted by atomic mass is 9.82. The maximum absolute atomic E-state index is 15.9. The van der Waals surface area contributed by atoms with E-state index in [2.05, 4.69) is 74.7 Å². The average molecular weight is 565 g/mol. The van der Waals surface area contributed by atoms with Crippen molar-refractivity contribution >= 4 is 49.2 Å². The number of fused-ring (bicyclic) bond motifs is 4. The number of nitrogens with one attached hydrogen (secondary N) is 1. The monoisotopic (exact) mass is 564 g/mol. The first-order chi connectivity index (χ1) is 18.6. The summed E-state index contributed by atoms with van der Waals surface area (Å²) in [5.74, 6) is 0.453. The fraction of sp³-hybridized carbons (Fsp3) is 0.152. The third kappa shape index (κ3) is 3.89. The van der Waals surface area contributed by atoms with Crippen molar-refractivity contribution in [1.82, 2.24) is 5.32 Å². The van der Waals surface area contributed by atoms with Crippen molar-refractivity contribution in [2.24, 2.45) is 0 Å². The standard InChI is InChI=1S/C33H26BrFN2O/c34-26-8-11-28-24(19-26)5-12-32-29(28)13-14-33(38-32,30-20-22-3-1-2-4-23(22)21-31(30)35)25-6-9-27(10-7-25)37-17-15-36-16-18-37/h1-14,19-21,36H,15-18H2. The summed E-state index contributed by atoms with van der Waals surface area (Å²) in [6.45, 7) is 3.88. The summed E-state index contributed by atoms with van der Waals surface area (Å²) in [6, 6.07) is 30.1. The zero-order valence-corrected chi connectivity index (χ0v) is 22.3. The van der Waals surface area contributed by atoms with Crippen LogP contribution in [0.3, 0.4) is 0 Å². The summed E-state index contributed by atoms with van der Waals surface area (Å²) in [7, 11) is 0. The number of hydrogen-bond acceptors (Lipinski definition) is 3. The van der Waals surface area contributed by atoms with Gasteiger partial charge in [-0.25, -0.2) is 4.39 Å². The number of halogens is 2. The number of benzene rings is 5. The number of hydrogen-bond donors (Lipinski definition) is 1. The normalized spacial score (nSPS) is 18.9. The molecule has 0 radical (unpaired) electrons. The third-order valence-corrected chi connectivity index (χ3v) is 8.25. The van der Waals surface area contributed by atoms with Crippen LogP contribution in [0.4, 0.5) is 10.1 Å². The van der Waals surface area contributed by atoms with Crippen molar-refractivity contribution < 1.29 is 9.13 Å². The first kappa shape index (κ1) is 23.4. The summed E-state index contributed by atoms with van der Waals surface area (Å²) >= 11 is 3.57. The van der Waals surface area contributed by atoms with Gasteiger partial charge in [0.2, 0.25) is 0 Å². The van der Waals surface area contributed by atoms with E-state index in [-0.39, 0.29) is 5.82 Å². The van der Waals surface area contributed by atoms with Gasteiger partial charge in [-0.1, -0.05) is 64.5 Å². The van der Waals surface area contributed by atoms with E-state index in [0.717, 1.165) is 69.1 Å². The van der Waals surface area contributed by atoms with Gasteiger partial charge in [-0.15, -0.1) is 0 Å². The van der Waals surface area contributed by atoms with Crippen molar-refractivity contribution in [3.63, 3.8) is 0 Å². The molecule has 0 aromatic heterocycles. The van der Waals surface area contributed by atoms with Crippen molar-refractivity contribution in [1.29, 1.82) is 0 Å². The molecule has 7 rings (SSSR count). The van der Waals surface area contributed by atoms with E-state index in [9.17, 15) is 0 Å². The fourth-order valence-corrected chi connectivity index (χ4v) is 6.15. The zero-order valence-electron chi connectivity index (χ0n) is 20.8. The molecule has 0 saturated carbocycles. The molecule has 0 bridgehead atoms. The number of anilines is 1. The van der Waals surface area contributed by atoms with E-state index in [1.54, 1.807) is 6.07 Å². The molecule has 2 aliphatic rings. The highest BCUT2D eigenvalue weighted by Crippen LogP contribution is 2.46. The fourth-order valence-electron chi connectivity index (χ4n) is 5.77. The maximum atomic E-state index is 15.9. The summed E-state index contributed by atoms with van der Waals surface area (Å²) in [4.78, 5) is 2.38. The smallest absolute Gasteiger partial charge is 0.180 e. The molecule has 0 aliphatic carbocycles. The number of piperazine rings is 1. The number of rotatable bonds is 3.